The molecule has 0 unspecified atom stereocenters. The summed E-state index contributed by atoms with van der Waals surface area (Å²) in [5.41, 5.74) is 7.70. The van der Waals surface area contributed by atoms with Gasteiger partial charge in [0.1, 0.15) is 71.8 Å². The highest BCUT2D eigenvalue weighted by molar-refractivity contribution is 6.30. The zero-order valence-electron chi connectivity index (χ0n) is 65.8. The van der Waals surface area contributed by atoms with Crippen LogP contribution in [0.5, 0.6) is 0 Å². The highest BCUT2D eigenvalue weighted by Crippen LogP contribution is 2.23. The highest BCUT2D eigenvalue weighted by Gasteiger charge is 2.40. The fraction of sp³-hybridized carbons (Fsp3) is 0.476. The maximum atomic E-state index is 15.2. The molecular weight excluding hydrogens is 1480 g/mol. The Morgan fingerprint density at radius 3 is 1.62 bits per heavy atom. The van der Waals surface area contributed by atoms with Crippen LogP contribution in [0.25, 0.3) is 10.8 Å². The number of primary amides is 1. The number of benzene rings is 3. The van der Waals surface area contributed by atoms with Crippen LogP contribution in [0.1, 0.15) is 156 Å². The summed E-state index contributed by atoms with van der Waals surface area (Å²) in [6.07, 6.45) is 8.32. The van der Waals surface area contributed by atoms with E-state index in [9.17, 15) is 57.8 Å². The van der Waals surface area contributed by atoms with Crippen LogP contribution in [0, 0.1) is 5.92 Å². The molecule has 114 heavy (non-hydrogen) atoms. The third-order valence-electron chi connectivity index (χ3n) is 19.3. The number of carbonyl (C=O) groups is 13. The molecule has 1 aliphatic heterocycles. The lowest BCUT2D eigenvalue weighted by molar-refractivity contribution is -0.142. The van der Waals surface area contributed by atoms with Gasteiger partial charge in [-0.1, -0.05) is 106 Å². The van der Waals surface area contributed by atoms with E-state index in [0.29, 0.717) is 53.2 Å². The van der Waals surface area contributed by atoms with Crippen LogP contribution in [-0.2, 0) is 79.1 Å². The van der Waals surface area contributed by atoms with Crippen LogP contribution in [0.4, 0.5) is 0 Å². The van der Waals surface area contributed by atoms with Crippen LogP contribution in [0.3, 0.4) is 0 Å². The van der Waals surface area contributed by atoms with E-state index in [0.717, 1.165) is 10.8 Å². The smallest absolute Gasteiger partial charge is 0.269 e. The minimum absolute atomic E-state index is 0.0294. The number of aromatic nitrogens is 3. The summed E-state index contributed by atoms with van der Waals surface area (Å²) in [7, 11) is 1.71. The molecule has 0 spiro atoms. The second-order valence-corrected chi connectivity index (χ2v) is 29.9. The molecule has 1 aliphatic rings. The van der Waals surface area contributed by atoms with Gasteiger partial charge in [-0.05, 0) is 166 Å². The van der Waals surface area contributed by atoms with Crippen molar-refractivity contribution < 1.29 is 67.4 Å². The summed E-state index contributed by atoms with van der Waals surface area (Å²) >= 11 is 6.27. The molecule has 31 nitrogen and oxygen atoms in total. The maximum absolute atomic E-state index is 15.2. The third kappa shape index (κ3) is 29.4. The molecule has 10 atom stereocenters. The number of unbranched alkanes of at least 4 members (excludes halogenated alkanes) is 3. The first-order valence-corrected chi connectivity index (χ1v) is 39.3. The SMILES string of the molecule is CC(=O)N[C@H](Cc1ccc2ccccc2c1)C(=O)N[C@H](Cc1ccc(Cl)cc1)C(=O)N[C@H](Cc1cccnc1)C(=O)N[C@@H](CO)C(=O)N[C@@H](CCCCNC(=O)c1cccn1C)C(=O)N[C@H](CCCCNC(=O)c1ccccn1)C(=O)N[C@@H](CC(C)C)C(=O)N[C@@H](CCCCNC(C)C)C(=O)N1CCC[C@H]1C(=O)N[C@H](C)C(N)=O. The quantitative estimate of drug-likeness (QED) is 0.0244. The van der Waals surface area contributed by atoms with Crippen molar-refractivity contribution in [3.8, 4) is 0 Å². The van der Waals surface area contributed by atoms with E-state index in [1.165, 1.54) is 43.4 Å². The van der Waals surface area contributed by atoms with Crippen molar-refractivity contribution in [2.75, 3.05) is 32.8 Å². The second-order valence-electron chi connectivity index (χ2n) is 29.4. The Hall–Kier alpha value is -11.2. The summed E-state index contributed by atoms with van der Waals surface area (Å²) in [6, 6.07) is 17.8. The van der Waals surface area contributed by atoms with E-state index < -0.39 is 138 Å². The first kappa shape index (κ1) is 90.0. The largest absolute Gasteiger partial charge is 0.394 e. The van der Waals surface area contributed by atoms with E-state index in [2.05, 4.69) is 73.8 Å². The van der Waals surface area contributed by atoms with Crippen molar-refractivity contribution in [3.05, 3.63) is 167 Å². The lowest BCUT2D eigenvalue weighted by atomic mass is 9.99. The lowest BCUT2D eigenvalue weighted by Crippen LogP contribution is -2.61. The molecule has 32 heteroatoms. The molecule has 1 saturated heterocycles. The van der Waals surface area contributed by atoms with Crippen molar-refractivity contribution in [2.24, 2.45) is 18.7 Å². The van der Waals surface area contributed by atoms with E-state index in [4.69, 9.17) is 17.3 Å². The first-order valence-electron chi connectivity index (χ1n) is 38.9. The second kappa shape index (κ2) is 46.1. The predicted octanol–water partition coefficient (Wildman–Crippen LogP) is 2.94. The zero-order chi connectivity index (χ0) is 82.8. The number of amides is 13. The van der Waals surface area contributed by atoms with Gasteiger partial charge in [-0.2, -0.15) is 0 Å². The van der Waals surface area contributed by atoms with Crippen molar-refractivity contribution in [1.29, 1.82) is 0 Å². The monoisotopic (exact) mass is 1590 g/mol. The van der Waals surface area contributed by atoms with E-state index in [1.54, 1.807) is 78.5 Å². The summed E-state index contributed by atoms with van der Waals surface area (Å²) in [5, 5.41) is 46.8. The van der Waals surface area contributed by atoms with Crippen molar-refractivity contribution >= 4 is 99.2 Å². The molecule has 3 aromatic heterocycles. The van der Waals surface area contributed by atoms with Gasteiger partial charge in [0.05, 0.1) is 6.61 Å². The number of nitrogens with two attached hydrogens (primary N) is 1. The van der Waals surface area contributed by atoms with Crippen molar-refractivity contribution in [3.63, 3.8) is 0 Å². The Labute approximate surface area is 669 Å². The van der Waals surface area contributed by atoms with Gasteiger partial charge in [-0.25, -0.2) is 0 Å². The number of aliphatic hydroxyl groups excluding tert-OH is 1. The molecule has 6 aromatic rings. The fourth-order valence-electron chi connectivity index (χ4n) is 13.2. The maximum Gasteiger partial charge on any atom is 0.269 e. The number of carbonyl (C=O) groups excluding carboxylic acids is 13. The van der Waals surface area contributed by atoms with Crippen molar-refractivity contribution in [2.45, 2.75) is 204 Å². The standard InChI is InChI=1S/C82H110ClN17O14/c1-50(2)43-64(75(107)94-63(27-13-14-37-86-51(3)4)82(114)100-42-20-29-70(100)81(113)90-52(5)71(84)103)95-74(106)62(26-11-16-39-88-72(104)60-24-10-15-38-87-60)92-73(105)61(25-12-17-40-89-80(112)69-28-19-41-99(69)7)93-79(111)68(49-101)98-78(110)67(47-56-21-18-36-85-48-56)97-77(109)66(45-54-31-34-59(83)35-32-54)96-76(108)65(91-53(6)102)46-55-30-33-57-22-8-9-23-58(57)44-55/h8-10,15,18-19,21-24,28,30-36,38,41,44,48,50-52,61-68,70,86,101H,11-14,16-17,20,25-27,29,37,39-40,42-43,45-47,49H2,1-7H3,(H2,84,103)(H,88,104)(H,89,112)(H,90,113)(H,91,102)(H,92,105)(H,93,111)(H,94,107)(H,95,106)(H,96,108)(H,97,109)(H,98,110)/t52-,61+,62-,63+,64+,65-,66-,67-,68+,70+/m1/s1. The lowest BCUT2D eigenvalue weighted by Gasteiger charge is -2.31. The summed E-state index contributed by atoms with van der Waals surface area (Å²) in [4.78, 5) is 193. The normalized spacial score (nSPS) is 14.9. The molecule has 0 saturated carbocycles. The van der Waals surface area contributed by atoms with Crippen LogP contribution in [-0.4, -0.2) is 201 Å². The van der Waals surface area contributed by atoms with Gasteiger partial charge >= 0.3 is 0 Å². The number of rotatable bonds is 46. The van der Waals surface area contributed by atoms with Gasteiger partial charge in [0.2, 0.25) is 65.0 Å². The molecule has 7 rings (SSSR count). The Bertz CT molecular complexity index is 4230. The molecule has 3 aromatic carbocycles. The van der Waals surface area contributed by atoms with Crippen LogP contribution in [0.15, 0.2) is 134 Å². The van der Waals surface area contributed by atoms with Gasteiger partial charge in [0, 0.05) is 88.7 Å². The first-order chi connectivity index (χ1) is 54.6. The molecule has 0 radical (unpaired) electrons. The number of nitrogens with zero attached hydrogens (tertiary/aromatic N) is 4. The molecule has 0 aliphatic carbocycles. The van der Waals surface area contributed by atoms with E-state index >= 15 is 9.59 Å². The Morgan fingerprint density at radius 1 is 0.526 bits per heavy atom. The summed E-state index contributed by atoms with van der Waals surface area (Å²) in [6.45, 7) is 10.2. The molecular formula is C82H110ClN17O14. The number of aliphatic hydroxyl groups is 1. The zero-order valence-corrected chi connectivity index (χ0v) is 66.5. The number of aryl methyl sites for hydroxylation is 1. The topological polar surface area (TPSA) is 446 Å². The Kier molecular flexibility index (Phi) is 36.4. The molecule has 4 heterocycles. The van der Waals surface area contributed by atoms with Crippen LogP contribution in [0.2, 0.25) is 5.02 Å². The average molecular weight is 1590 g/mol. The molecule has 1 fully saturated rings. The Morgan fingerprint density at radius 2 is 1.05 bits per heavy atom. The van der Waals surface area contributed by atoms with Gasteiger partial charge in [0.15, 0.2) is 0 Å². The van der Waals surface area contributed by atoms with Gasteiger partial charge in [-0.3, -0.25) is 72.3 Å². The number of fused-ring (bicyclic) bond motifs is 1. The minimum Gasteiger partial charge on any atom is -0.394 e. The number of nitrogens with one attached hydrogen (secondary N) is 12. The molecule has 15 N–H and O–H groups in total. The number of hydrogen-bond acceptors (Lipinski definition) is 17. The highest BCUT2D eigenvalue weighted by atomic mass is 35.5. The average Bonchev–Trinajstić information content (AvgIpc) is 1.85. The fourth-order valence-corrected chi connectivity index (χ4v) is 13.3. The van der Waals surface area contributed by atoms with E-state index in [1.807, 2.05) is 70.2 Å². The van der Waals surface area contributed by atoms with Crippen LogP contribution >= 0.6 is 11.6 Å². The van der Waals surface area contributed by atoms with Gasteiger partial charge in [-0.15, -0.1) is 0 Å². The number of pyridine rings is 2. The van der Waals surface area contributed by atoms with Gasteiger partial charge in [0.25, 0.3) is 11.8 Å². The predicted molar refractivity (Wildman–Crippen MR) is 429 cm³/mol. The molecule has 614 valence electrons. The van der Waals surface area contributed by atoms with E-state index in [-0.39, 0.29) is 120 Å². The third-order valence-corrected chi connectivity index (χ3v) is 19.6. The number of hydrogen-bond donors (Lipinski definition) is 14. The molecule has 0 bridgehead atoms. The van der Waals surface area contributed by atoms with Crippen molar-refractivity contribution in [1.82, 2.24) is 83.2 Å². The number of halogens is 1. The Balaban J connectivity index is 1.15. The minimum atomic E-state index is -1.83. The molecule has 13 amide bonds. The summed E-state index contributed by atoms with van der Waals surface area (Å²) < 4.78 is 1.64. The van der Waals surface area contributed by atoms with Gasteiger partial charge < -0.3 is 84.1 Å². The van der Waals surface area contributed by atoms with Crippen LogP contribution < -0.4 is 69.5 Å². The number of likely N-dealkylation sites (tertiary alicyclic amines) is 1. The summed E-state index contributed by atoms with van der Waals surface area (Å²) in [5.74, 6) is -9.70.